The Morgan fingerprint density at radius 3 is 2.72 bits per heavy atom. The summed E-state index contributed by atoms with van der Waals surface area (Å²) in [6, 6.07) is 18.9. The van der Waals surface area contributed by atoms with Crippen molar-refractivity contribution >= 4 is 11.6 Å². The summed E-state index contributed by atoms with van der Waals surface area (Å²) in [5.74, 6) is 0.935. The van der Waals surface area contributed by atoms with Crippen LogP contribution in [0, 0.1) is 6.92 Å². The van der Waals surface area contributed by atoms with E-state index in [2.05, 4.69) is 78.0 Å². The normalized spacial score (nSPS) is 16.4. The van der Waals surface area contributed by atoms with Crippen molar-refractivity contribution in [2.75, 3.05) is 5.32 Å². The summed E-state index contributed by atoms with van der Waals surface area (Å²) in [5.41, 5.74) is 5.61. The average molecular weight is 427 g/mol. The fourth-order valence-electron chi connectivity index (χ4n) is 4.39. The molecule has 1 amide bonds. The van der Waals surface area contributed by atoms with Gasteiger partial charge in [-0.05, 0) is 43.7 Å². The molecule has 0 saturated heterocycles. The van der Waals surface area contributed by atoms with Crippen LogP contribution in [-0.4, -0.2) is 20.8 Å². The van der Waals surface area contributed by atoms with Crippen LogP contribution in [-0.2, 0) is 12.8 Å². The largest absolute Gasteiger partial charge is 0.360 e. The van der Waals surface area contributed by atoms with E-state index in [9.17, 15) is 4.79 Å². The summed E-state index contributed by atoms with van der Waals surface area (Å²) in [6.07, 6.45) is 6.07. The van der Waals surface area contributed by atoms with Crippen LogP contribution in [0.3, 0.4) is 0 Å². The van der Waals surface area contributed by atoms with Crippen molar-refractivity contribution in [1.82, 2.24) is 14.9 Å². The molecular formula is C26H26N4O2. The summed E-state index contributed by atoms with van der Waals surface area (Å²) >= 11 is 0. The van der Waals surface area contributed by atoms with Gasteiger partial charge in [0.25, 0.3) is 5.91 Å². The number of amides is 1. The Bertz CT molecular complexity index is 1220. The summed E-state index contributed by atoms with van der Waals surface area (Å²) in [4.78, 5) is 13.0. The van der Waals surface area contributed by atoms with Gasteiger partial charge in [0.1, 0.15) is 5.76 Å². The molecule has 32 heavy (non-hydrogen) atoms. The minimum absolute atomic E-state index is 0.0627. The smallest absolute Gasteiger partial charge is 0.278 e. The van der Waals surface area contributed by atoms with Crippen molar-refractivity contribution in [3.8, 4) is 0 Å². The molecule has 1 aliphatic carbocycles. The minimum Gasteiger partial charge on any atom is -0.360 e. The quantitative estimate of drug-likeness (QED) is 0.469. The lowest BCUT2D eigenvalue weighted by molar-refractivity contribution is 0.101. The predicted octanol–water partition coefficient (Wildman–Crippen LogP) is 5.31. The maximum atomic E-state index is 13.0. The fourth-order valence-corrected chi connectivity index (χ4v) is 4.39. The van der Waals surface area contributed by atoms with Crippen molar-refractivity contribution in [1.29, 1.82) is 0 Å². The molecule has 1 N–H and O–H groups in total. The highest BCUT2D eigenvalue weighted by molar-refractivity contribution is 6.03. The number of hydrogen-bond donors (Lipinski definition) is 1. The van der Waals surface area contributed by atoms with E-state index in [1.807, 2.05) is 16.9 Å². The van der Waals surface area contributed by atoms with Gasteiger partial charge in [-0.1, -0.05) is 65.3 Å². The van der Waals surface area contributed by atoms with Gasteiger partial charge in [0.05, 0.1) is 17.9 Å². The number of anilines is 1. The van der Waals surface area contributed by atoms with E-state index >= 15 is 0 Å². The van der Waals surface area contributed by atoms with Crippen LogP contribution < -0.4 is 5.32 Å². The van der Waals surface area contributed by atoms with Crippen LogP contribution in [0.1, 0.15) is 63.8 Å². The average Bonchev–Trinajstić information content (AvgIpc) is 3.46. The molecule has 0 saturated carbocycles. The van der Waals surface area contributed by atoms with E-state index < -0.39 is 0 Å². The third kappa shape index (κ3) is 3.96. The molecule has 6 nitrogen and oxygen atoms in total. The van der Waals surface area contributed by atoms with Gasteiger partial charge in [0.15, 0.2) is 5.69 Å². The van der Waals surface area contributed by atoms with E-state index in [4.69, 9.17) is 4.52 Å². The van der Waals surface area contributed by atoms with Crippen molar-refractivity contribution < 1.29 is 9.32 Å². The summed E-state index contributed by atoms with van der Waals surface area (Å²) in [5, 5.41) is 11.5. The van der Waals surface area contributed by atoms with E-state index in [1.54, 1.807) is 6.20 Å². The monoisotopic (exact) mass is 426 g/mol. The number of nitrogens with zero attached hydrogens (tertiary/aromatic N) is 3. The third-order valence-electron chi connectivity index (χ3n) is 6.34. The first-order valence-electron chi connectivity index (χ1n) is 11.0. The van der Waals surface area contributed by atoms with Crippen LogP contribution in [0.4, 0.5) is 5.69 Å². The highest BCUT2D eigenvalue weighted by Crippen LogP contribution is 2.34. The highest BCUT2D eigenvalue weighted by atomic mass is 16.5. The number of aryl methyl sites for hydroxylation is 2. The van der Waals surface area contributed by atoms with Crippen molar-refractivity contribution in [3.63, 3.8) is 0 Å². The molecule has 0 spiro atoms. The summed E-state index contributed by atoms with van der Waals surface area (Å²) < 4.78 is 7.36. The second-order valence-corrected chi connectivity index (χ2v) is 8.53. The van der Waals surface area contributed by atoms with Crippen LogP contribution in [0.5, 0.6) is 0 Å². The van der Waals surface area contributed by atoms with Gasteiger partial charge in [-0.25, -0.2) is 0 Å². The Labute approximate surface area is 187 Å². The number of hydrogen-bond acceptors (Lipinski definition) is 4. The van der Waals surface area contributed by atoms with Gasteiger partial charge in [0.2, 0.25) is 0 Å². The number of aromatic nitrogens is 3. The lowest BCUT2D eigenvalue weighted by Crippen LogP contribution is -2.18. The lowest BCUT2D eigenvalue weighted by Gasteiger charge is -2.21. The lowest BCUT2D eigenvalue weighted by atomic mass is 9.82. The van der Waals surface area contributed by atoms with Gasteiger partial charge in [0, 0.05) is 18.2 Å². The molecule has 2 aromatic heterocycles. The zero-order valence-electron chi connectivity index (χ0n) is 18.3. The van der Waals surface area contributed by atoms with Crippen molar-refractivity contribution in [2.45, 2.75) is 45.1 Å². The number of nitrogens with one attached hydrogen (secondary N) is 1. The van der Waals surface area contributed by atoms with Crippen LogP contribution in [0.25, 0.3) is 0 Å². The maximum Gasteiger partial charge on any atom is 0.278 e. The topological polar surface area (TPSA) is 73.0 Å². The molecule has 0 radical (unpaired) electrons. The van der Waals surface area contributed by atoms with Gasteiger partial charge >= 0.3 is 0 Å². The first-order chi connectivity index (χ1) is 15.6. The molecular weight excluding hydrogens is 400 g/mol. The number of rotatable bonds is 5. The molecule has 2 aromatic carbocycles. The first kappa shape index (κ1) is 20.2. The number of carbonyl (C=O) groups is 1. The molecule has 162 valence electrons. The van der Waals surface area contributed by atoms with Gasteiger partial charge in [-0.3, -0.25) is 9.48 Å². The second-order valence-electron chi connectivity index (χ2n) is 8.53. The molecule has 2 unspecified atom stereocenters. The Morgan fingerprint density at radius 2 is 1.94 bits per heavy atom. The zero-order chi connectivity index (χ0) is 22.1. The Hall–Kier alpha value is -3.67. The number of carbonyl (C=O) groups excluding carboxylic acids is 1. The Kier molecular flexibility index (Phi) is 5.35. The SMILES string of the molecule is Cc1ccc(C(C)n2cc(NC(=O)c3noc4c3CC(c3ccccc3)CC4)cn2)cc1. The van der Waals surface area contributed by atoms with E-state index in [-0.39, 0.29) is 11.9 Å². The molecule has 0 aliphatic heterocycles. The van der Waals surface area contributed by atoms with E-state index in [1.165, 1.54) is 11.1 Å². The number of fused-ring (bicyclic) bond motifs is 1. The van der Waals surface area contributed by atoms with Crippen molar-refractivity contribution in [3.05, 3.63) is 101 Å². The van der Waals surface area contributed by atoms with Gasteiger partial charge < -0.3 is 9.84 Å². The predicted molar refractivity (Wildman–Crippen MR) is 123 cm³/mol. The molecule has 2 heterocycles. The van der Waals surface area contributed by atoms with E-state index in [0.29, 0.717) is 17.3 Å². The Balaban J connectivity index is 1.31. The highest BCUT2D eigenvalue weighted by Gasteiger charge is 2.29. The van der Waals surface area contributed by atoms with E-state index in [0.717, 1.165) is 36.1 Å². The third-order valence-corrected chi connectivity index (χ3v) is 6.34. The van der Waals surface area contributed by atoms with Crippen LogP contribution >= 0.6 is 0 Å². The molecule has 2 atom stereocenters. The second kappa shape index (κ2) is 8.46. The fraction of sp³-hybridized carbons (Fsp3) is 0.269. The Morgan fingerprint density at radius 1 is 1.16 bits per heavy atom. The summed E-state index contributed by atoms with van der Waals surface area (Å²) in [7, 11) is 0. The zero-order valence-corrected chi connectivity index (χ0v) is 18.3. The molecule has 0 bridgehead atoms. The molecule has 0 fully saturated rings. The maximum absolute atomic E-state index is 13.0. The van der Waals surface area contributed by atoms with Crippen molar-refractivity contribution in [2.24, 2.45) is 0 Å². The molecule has 6 heteroatoms. The van der Waals surface area contributed by atoms with Crippen LogP contribution in [0.2, 0.25) is 0 Å². The number of benzene rings is 2. The first-order valence-corrected chi connectivity index (χ1v) is 11.0. The van der Waals surface area contributed by atoms with Gasteiger partial charge in [-0.2, -0.15) is 5.10 Å². The van der Waals surface area contributed by atoms with Gasteiger partial charge in [-0.15, -0.1) is 0 Å². The molecule has 5 rings (SSSR count). The minimum atomic E-state index is -0.258. The summed E-state index contributed by atoms with van der Waals surface area (Å²) in [6.45, 7) is 4.15. The standard InChI is InChI=1S/C26H26N4O2/c1-17-8-10-19(11-9-17)18(2)30-16-22(15-27-30)28-26(31)25-23-14-21(12-13-24(23)32-29-25)20-6-4-3-5-7-20/h3-11,15-16,18,21H,12-14H2,1-2H3,(H,28,31). The molecule has 1 aliphatic rings. The van der Waals surface area contributed by atoms with Crippen LogP contribution in [0.15, 0.2) is 71.5 Å². The molecule has 4 aromatic rings.